The number of ether oxygens (including phenoxy) is 2. The van der Waals surface area contributed by atoms with Crippen LogP contribution in [0.5, 0.6) is 11.5 Å². The lowest BCUT2D eigenvalue weighted by molar-refractivity contribution is -0.384. The van der Waals surface area contributed by atoms with Gasteiger partial charge in [-0.05, 0) is 61.7 Å². The minimum absolute atomic E-state index is 0. The number of fused-ring (bicyclic) bond motifs is 1. The summed E-state index contributed by atoms with van der Waals surface area (Å²) in [6.45, 7) is 3.17. The molecule has 1 aliphatic heterocycles. The number of hydrogen-bond donors (Lipinski definition) is 0. The van der Waals surface area contributed by atoms with Crippen LogP contribution in [0.2, 0.25) is 0 Å². The number of amides is 1. The van der Waals surface area contributed by atoms with Crippen molar-refractivity contribution in [2.45, 2.75) is 25.7 Å². The predicted molar refractivity (Wildman–Crippen MR) is 130 cm³/mol. The third-order valence-corrected chi connectivity index (χ3v) is 5.95. The molecule has 2 aromatic rings. The maximum atomic E-state index is 12.8. The minimum atomic E-state index is -0.383. The molecule has 3 rings (SSSR count). The van der Waals surface area contributed by atoms with E-state index in [1.165, 1.54) is 0 Å². The summed E-state index contributed by atoms with van der Waals surface area (Å²) >= 11 is 0. The first-order valence-corrected chi connectivity index (χ1v) is 10.8. The fourth-order valence-electron chi connectivity index (χ4n) is 4.00. The van der Waals surface area contributed by atoms with Crippen LogP contribution < -0.4 is 9.47 Å². The molecule has 33 heavy (non-hydrogen) atoms. The van der Waals surface area contributed by atoms with Gasteiger partial charge in [0.25, 0.3) is 5.69 Å². The highest BCUT2D eigenvalue weighted by atomic mass is 35.5. The number of nitro groups is 1. The molecule has 0 spiro atoms. The van der Waals surface area contributed by atoms with E-state index < -0.39 is 0 Å². The maximum Gasteiger partial charge on any atom is 0.269 e. The highest BCUT2D eigenvalue weighted by molar-refractivity contribution is 5.85. The number of nitrogens with zero attached hydrogens (tertiary/aromatic N) is 3. The predicted octanol–water partition coefficient (Wildman–Crippen LogP) is 3.53. The molecule has 180 valence electrons. The second kappa shape index (κ2) is 12.4. The Morgan fingerprint density at radius 3 is 2.30 bits per heavy atom. The zero-order valence-corrected chi connectivity index (χ0v) is 20.2. The van der Waals surface area contributed by atoms with E-state index in [0.29, 0.717) is 24.5 Å². The van der Waals surface area contributed by atoms with Crippen LogP contribution in [-0.4, -0.2) is 68.1 Å². The number of nitro benzene ring substituents is 1. The van der Waals surface area contributed by atoms with Crippen molar-refractivity contribution >= 4 is 24.0 Å². The second-order valence-corrected chi connectivity index (χ2v) is 8.11. The summed E-state index contributed by atoms with van der Waals surface area (Å²) in [4.78, 5) is 27.3. The van der Waals surface area contributed by atoms with E-state index in [1.54, 1.807) is 26.4 Å². The molecule has 0 saturated heterocycles. The second-order valence-electron chi connectivity index (χ2n) is 8.11. The number of carbonyl (C=O) groups is 1. The van der Waals surface area contributed by atoms with Gasteiger partial charge in [-0.15, -0.1) is 12.4 Å². The van der Waals surface area contributed by atoms with Crippen LogP contribution in [0.3, 0.4) is 0 Å². The van der Waals surface area contributed by atoms with E-state index in [4.69, 9.17) is 9.47 Å². The summed E-state index contributed by atoms with van der Waals surface area (Å²) < 4.78 is 10.8. The van der Waals surface area contributed by atoms with Gasteiger partial charge in [0.1, 0.15) is 0 Å². The molecule has 8 nitrogen and oxygen atoms in total. The molecule has 2 aromatic carbocycles. The molecule has 9 heteroatoms. The van der Waals surface area contributed by atoms with Gasteiger partial charge in [-0.2, -0.15) is 0 Å². The quantitative estimate of drug-likeness (QED) is 0.384. The van der Waals surface area contributed by atoms with Gasteiger partial charge in [-0.3, -0.25) is 14.9 Å². The van der Waals surface area contributed by atoms with Crippen molar-refractivity contribution in [3.05, 3.63) is 63.2 Å². The van der Waals surface area contributed by atoms with Crippen molar-refractivity contribution in [1.29, 1.82) is 0 Å². The topological polar surface area (TPSA) is 85.2 Å². The van der Waals surface area contributed by atoms with Crippen LogP contribution in [0.4, 0.5) is 5.69 Å². The SMILES string of the molecule is COc1cc2c(cc1OC)CC(=O)N(CCCN(C)CCc1ccc([N+](=O)[O-])cc1)CC2.Cl. The van der Waals surface area contributed by atoms with Crippen molar-refractivity contribution in [2.75, 3.05) is 47.4 Å². The zero-order chi connectivity index (χ0) is 23.1. The molecule has 1 heterocycles. The first-order chi connectivity index (χ1) is 15.4. The smallest absolute Gasteiger partial charge is 0.269 e. The Morgan fingerprint density at radius 1 is 1.06 bits per heavy atom. The molecule has 0 bridgehead atoms. The number of non-ortho nitro benzene ring substituents is 1. The average Bonchev–Trinajstić information content (AvgIpc) is 2.94. The maximum absolute atomic E-state index is 12.8. The number of halogens is 1. The van der Waals surface area contributed by atoms with Gasteiger partial charge >= 0.3 is 0 Å². The molecule has 0 saturated carbocycles. The van der Waals surface area contributed by atoms with Crippen molar-refractivity contribution in [2.24, 2.45) is 0 Å². The van der Waals surface area contributed by atoms with E-state index in [0.717, 1.165) is 55.6 Å². The van der Waals surface area contributed by atoms with E-state index in [2.05, 4.69) is 11.9 Å². The van der Waals surface area contributed by atoms with E-state index >= 15 is 0 Å². The molecular weight excluding hydrogens is 446 g/mol. The van der Waals surface area contributed by atoms with E-state index in [9.17, 15) is 14.9 Å². The fourth-order valence-corrected chi connectivity index (χ4v) is 4.00. The van der Waals surface area contributed by atoms with Gasteiger partial charge in [0, 0.05) is 31.8 Å². The first kappa shape index (κ1) is 26.4. The first-order valence-electron chi connectivity index (χ1n) is 10.8. The highest BCUT2D eigenvalue weighted by Crippen LogP contribution is 2.32. The van der Waals surface area contributed by atoms with Crippen LogP contribution in [-0.2, 0) is 24.1 Å². The third-order valence-electron chi connectivity index (χ3n) is 5.95. The lowest BCUT2D eigenvalue weighted by atomic mass is 10.0. The standard InChI is InChI=1S/C24H31N3O5.ClH/c1-25(13-9-18-5-7-21(8-6-18)27(29)30)11-4-12-26-14-10-19-15-22(31-2)23(32-3)16-20(19)17-24(26)28;/h5-8,15-16H,4,9-14,17H2,1-3H3;1H. The largest absolute Gasteiger partial charge is 0.493 e. The van der Waals surface area contributed by atoms with Crippen LogP contribution >= 0.6 is 12.4 Å². The Bertz CT molecular complexity index is 952. The normalized spacial score (nSPS) is 13.2. The Labute approximate surface area is 201 Å². The Morgan fingerprint density at radius 2 is 1.70 bits per heavy atom. The summed E-state index contributed by atoms with van der Waals surface area (Å²) in [5.74, 6) is 1.49. The lowest BCUT2D eigenvalue weighted by Gasteiger charge is -2.22. The summed E-state index contributed by atoms with van der Waals surface area (Å²) in [7, 11) is 5.29. The summed E-state index contributed by atoms with van der Waals surface area (Å²) in [6, 6.07) is 10.6. The Hall–Kier alpha value is -2.84. The molecule has 0 N–H and O–H groups in total. The summed E-state index contributed by atoms with van der Waals surface area (Å²) in [5, 5.41) is 10.8. The molecule has 1 aliphatic rings. The summed E-state index contributed by atoms with van der Waals surface area (Å²) in [5.41, 5.74) is 3.34. The molecule has 0 aliphatic carbocycles. The number of methoxy groups -OCH3 is 2. The van der Waals surface area contributed by atoms with Gasteiger partial charge in [0.05, 0.1) is 25.6 Å². The van der Waals surface area contributed by atoms with Crippen LogP contribution in [0.15, 0.2) is 36.4 Å². The number of benzene rings is 2. The molecular formula is C24H32ClN3O5. The number of likely N-dealkylation sites (N-methyl/N-ethyl adjacent to an activating group) is 1. The fraction of sp³-hybridized carbons (Fsp3) is 0.458. The van der Waals surface area contributed by atoms with Gasteiger partial charge in [0.2, 0.25) is 5.91 Å². The van der Waals surface area contributed by atoms with Crippen molar-refractivity contribution < 1.29 is 19.2 Å². The zero-order valence-electron chi connectivity index (χ0n) is 19.4. The van der Waals surface area contributed by atoms with Gasteiger partial charge in [-0.25, -0.2) is 0 Å². The van der Waals surface area contributed by atoms with Crippen molar-refractivity contribution in [1.82, 2.24) is 9.80 Å². The number of carbonyl (C=O) groups excluding carboxylic acids is 1. The van der Waals surface area contributed by atoms with Crippen LogP contribution in [0.1, 0.15) is 23.1 Å². The Kier molecular flexibility index (Phi) is 9.94. The van der Waals surface area contributed by atoms with Gasteiger partial charge in [0.15, 0.2) is 11.5 Å². The monoisotopic (exact) mass is 477 g/mol. The number of hydrogen-bond acceptors (Lipinski definition) is 6. The van der Waals surface area contributed by atoms with Crippen molar-refractivity contribution in [3.63, 3.8) is 0 Å². The van der Waals surface area contributed by atoms with Crippen molar-refractivity contribution in [3.8, 4) is 11.5 Å². The molecule has 0 radical (unpaired) electrons. The number of rotatable bonds is 10. The van der Waals surface area contributed by atoms with E-state index in [1.807, 2.05) is 29.2 Å². The van der Waals surface area contributed by atoms with Gasteiger partial charge < -0.3 is 19.3 Å². The van der Waals surface area contributed by atoms with Gasteiger partial charge in [-0.1, -0.05) is 12.1 Å². The minimum Gasteiger partial charge on any atom is -0.493 e. The highest BCUT2D eigenvalue weighted by Gasteiger charge is 2.22. The summed E-state index contributed by atoms with van der Waals surface area (Å²) in [6.07, 6.45) is 2.91. The molecule has 0 unspecified atom stereocenters. The molecule has 0 aromatic heterocycles. The van der Waals surface area contributed by atoms with Crippen LogP contribution in [0.25, 0.3) is 0 Å². The average molecular weight is 478 g/mol. The van der Waals surface area contributed by atoms with E-state index in [-0.39, 0.29) is 28.9 Å². The van der Waals surface area contributed by atoms with Crippen LogP contribution in [0, 0.1) is 10.1 Å². The lowest BCUT2D eigenvalue weighted by Crippen LogP contribution is -2.35. The Balaban J connectivity index is 0.00000385. The molecule has 0 fully saturated rings. The third kappa shape index (κ3) is 7.07. The molecule has 1 amide bonds. The molecule has 0 atom stereocenters.